The number of esters is 1. The van der Waals surface area contributed by atoms with Gasteiger partial charge in [0, 0.05) is 19.4 Å². The molecule has 0 aromatic heterocycles. The molecule has 31 heavy (non-hydrogen) atoms. The third-order valence-corrected chi connectivity index (χ3v) is 5.16. The minimum absolute atomic E-state index is 0.0458. The third-order valence-electron chi connectivity index (χ3n) is 5.16. The average Bonchev–Trinajstić information content (AvgIpc) is 3.10. The molecule has 0 bridgehead atoms. The quantitative estimate of drug-likeness (QED) is 0.448. The summed E-state index contributed by atoms with van der Waals surface area (Å²) in [6.45, 7) is 2.01. The van der Waals surface area contributed by atoms with Gasteiger partial charge in [-0.2, -0.15) is 0 Å². The molecule has 156 valence electrons. The maximum absolute atomic E-state index is 12.2. The monoisotopic (exact) mass is 413 g/mol. The van der Waals surface area contributed by atoms with E-state index in [9.17, 15) is 9.59 Å². The highest BCUT2D eigenvalue weighted by Crippen LogP contribution is 2.44. The van der Waals surface area contributed by atoms with E-state index in [4.69, 9.17) is 9.47 Å². The zero-order chi connectivity index (χ0) is 21.6. The first-order valence-electron chi connectivity index (χ1n) is 10.2. The van der Waals surface area contributed by atoms with E-state index in [0.717, 1.165) is 5.56 Å². The molecule has 3 aromatic carbocycles. The zero-order valence-electron chi connectivity index (χ0n) is 17.2. The van der Waals surface area contributed by atoms with Crippen molar-refractivity contribution in [2.75, 3.05) is 13.2 Å². The minimum Gasteiger partial charge on any atom is -0.449 e. The van der Waals surface area contributed by atoms with Gasteiger partial charge < -0.3 is 14.8 Å². The van der Waals surface area contributed by atoms with Crippen molar-refractivity contribution in [3.63, 3.8) is 0 Å². The molecule has 1 aliphatic carbocycles. The number of hydrogen-bond donors (Lipinski definition) is 1. The Morgan fingerprint density at radius 3 is 2.13 bits per heavy atom. The van der Waals surface area contributed by atoms with Crippen LogP contribution in [0.15, 0.2) is 78.9 Å². The van der Waals surface area contributed by atoms with Crippen molar-refractivity contribution in [2.24, 2.45) is 0 Å². The van der Waals surface area contributed by atoms with Gasteiger partial charge in [0.2, 0.25) is 0 Å². The first-order valence-corrected chi connectivity index (χ1v) is 10.2. The number of rotatable bonds is 6. The van der Waals surface area contributed by atoms with Crippen molar-refractivity contribution >= 4 is 18.1 Å². The van der Waals surface area contributed by atoms with Gasteiger partial charge in [0.1, 0.15) is 12.4 Å². The summed E-state index contributed by atoms with van der Waals surface area (Å²) in [7, 11) is 0. The Hall–Kier alpha value is -3.86. The van der Waals surface area contributed by atoms with E-state index < -0.39 is 6.09 Å². The molecule has 0 unspecified atom stereocenters. The maximum Gasteiger partial charge on any atom is 0.407 e. The van der Waals surface area contributed by atoms with E-state index in [2.05, 4.69) is 29.6 Å². The van der Waals surface area contributed by atoms with Crippen LogP contribution in [0.3, 0.4) is 0 Å². The van der Waals surface area contributed by atoms with Gasteiger partial charge in [-0.1, -0.05) is 72.8 Å². The number of alkyl carbamates (subject to hydrolysis) is 1. The normalized spacial score (nSPS) is 12.3. The Bertz CT molecular complexity index is 1070. The van der Waals surface area contributed by atoms with E-state index in [1.165, 1.54) is 29.2 Å². The lowest BCUT2D eigenvalue weighted by Gasteiger charge is -2.14. The minimum atomic E-state index is -0.447. The van der Waals surface area contributed by atoms with Crippen molar-refractivity contribution < 1.29 is 19.1 Å². The second kappa shape index (κ2) is 9.30. The second-order valence-corrected chi connectivity index (χ2v) is 7.27. The fourth-order valence-corrected chi connectivity index (χ4v) is 3.80. The molecule has 0 spiro atoms. The lowest BCUT2D eigenvalue weighted by molar-refractivity contribution is -0.131. The highest BCUT2D eigenvalue weighted by Gasteiger charge is 2.28. The highest BCUT2D eigenvalue weighted by atomic mass is 16.5. The molecule has 5 heteroatoms. The summed E-state index contributed by atoms with van der Waals surface area (Å²) in [6.07, 6.45) is 3.26. The van der Waals surface area contributed by atoms with Gasteiger partial charge in [-0.05, 0) is 39.9 Å². The number of carbonyl (C=O) groups excluding carboxylic acids is 2. The Labute approximate surface area is 181 Å². The Morgan fingerprint density at radius 2 is 1.52 bits per heavy atom. The number of nitrogens with one attached hydrogen (secondary N) is 1. The molecule has 3 aromatic rings. The number of benzene rings is 3. The smallest absolute Gasteiger partial charge is 0.407 e. The van der Waals surface area contributed by atoms with E-state index in [-0.39, 0.29) is 11.9 Å². The average molecular weight is 413 g/mol. The molecule has 4 rings (SSSR count). The number of carbonyl (C=O) groups is 2. The second-order valence-electron chi connectivity index (χ2n) is 7.27. The van der Waals surface area contributed by atoms with Crippen molar-refractivity contribution in [1.82, 2.24) is 5.32 Å². The van der Waals surface area contributed by atoms with Crippen LogP contribution in [0, 0.1) is 0 Å². The lowest BCUT2D eigenvalue weighted by atomic mass is 9.98. The molecule has 0 fully saturated rings. The molecule has 1 aliphatic rings. The maximum atomic E-state index is 12.2. The molecule has 0 saturated carbocycles. The van der Waals surface area contributed by atoms with Gasteiger partial charge >= 0.3 is 12.1 Å². The van der Waals surface area contributed by atoms with Gasteiger partial charge in [-0.25, -0.2) is 4.79 Å². The topological polar surface area (TPSA) is 64.6 Å². The number of amides is 1. The predicted molar refractivity (Wildman–Crippen MR) is 120 cm³/mol. The van der Waals surface area contributed by atoms with Gasteiger partial charge in [0.05, 0.1) is 0 Å². The van der Waals surface area contributed by atoms with Crippen molar-refractivity contribution in [1.29, 1.82) is 0 Å². The van der Waals surface area contributed by atoms with Crippen LogP contribution in [-0.4, -0.2) is 25.2 Å². The Balaban J connectivity index is 1.28. The van der Waals surface area contributed by atoms with Crippen LogP contribution in [0.4, 0.5) is 4.79 Å². The van der Waals surface area contributed by atoms with E-state index in [1.807, 2.05) is 48.6 Å². The van der Waals surface area contributed by atoms with Gasteiger partial charge in [0.25, 0.3) is 0 Å². The van der Waals surface area contributed by atoms with Gasteiger partial charge in [0.15, 0.2) is 0 Å². The molecular weight excluding hydrogens is 390 g/mol. The Morgan fingerprint density at radius 1 is 0.903 bits per heavy atom. The van der Waals surface area contributed by atoms with Gasteiger partial charge in [-0.3, -0.25) is 4.79 Å². The number of hydrogen-bond acceptors (Lipinski definition) is 4. The number of fused-ring (bicyclic) bond motifs is 3. The van der Waals surface area contributed by atoms with Crippen LogP contribution < -0.4 is 10.1 Å². The fourth-order valence-electron chi connectivity index (χ4n) is 3.80. The van der Waals surface area contributed by atoms with Gasteiger partial charge in [-0.15, -0.1) is 0 Å². The predicted octanol–water partition coefficient (Wildman–Crippen LogP) is 5.16. The molecule has 0 atom stereocenters. The SMILES string of the molecule is CC(=O)Oc1ccc(C=CCNC(=O)OCC2c3ccccc3-c3ccccc32)cc1. The summed E-state index contributed by atoms with van der Waals surface area (Å²) < 4.78 is 10.5. The summed E-state index contributed by atoms with van der Waals surface area (Å²) in [6, 6.07) is 23.6. The summed E-state index contributed by atoms with van der Waals surface area (Å²) in [4.78, 5) is 23.1. The summed E-state index contributed by atoms with van der Waals surface area (Å²) in [5.41, 5.74) is 5.72. The standard InChI is InChI=1S/C26H23NO4/c1-18(28)31-20-14-12-19(13-15-20)7-6-16-27-26(29)30-17-25-23-10-4-2-8-21(23)22-9-3-5-11-24(22)25/h2-15,25H,16-17H2,1H3,(H,27,29). The van der Waals surface area contributed by atoms with Crippen LogP contribution in [0.5, 0.6) is 5.75 Å². The van der Waals surface area contributed by atoms with Crippen LogP contribution in [0.25, 0.3) is 17.2 Å². The third kappa shape index (κ3) is 4.83. The molecule has 5 nitrogen and oxygen atoms in total. The molecule has 0 heterocycles. The summed E-state index contributed by atoms with van der Waals surface area (Å²) in [5, 5.41) is 2.74. The van der Waals surface area contributed by atoms with E-state index in [0.29, 0.717) is 18.9 Å². The first kappa shape index (κ1) is 20.4. The van der Waals surface area contributed by atoms with E-state index >= 15 is 0 Å². The van der Waals surface area contributed by atoms with Crippen molar-refractivity contribution in [3.8, 4) is 16.9 Å². The lowest BCUT2D eigenvalue weighted by Crippen LogP contribution is -2.26. The van der Waals surface area contributed by atoms with E-state index in [1.54, 1.807) is 12.1 Å². The van der Waals surface area contributed by atoms with Crippen LogP contribution in [-0.2, 0) is 9.53 Å². The largest absolute Gasteiger partial charge is 0.449 e. The molecule has 1 amide bonds. The zero-order valence-corrected chi connectivity index (χ0v) is 17.2. The highest BCUT2D eigenvalue weighted by molar-refractivity contribution is 5.79. The van der Waals surface area contributed by atoms with Crippen molar-refractivity contribution in [3.05, 3.63) is 95.6 Å². The molecular formula is C26H23NO4. The molecule has 0 aliphatic heterocycles. The summed E-state index contributed by atoms with van der Waals surface area (Å²) in [5.74, 6) is 0.196. The first-order chi connectivity index (χ1) is 15.1. The Kier molecular flexibility index (Phi) is 6.13. The number of ether oxygens (including phenoxy) is 2. The van der Waals surface area contributed by atoms with Crippen LogP contribution in [0.2, 0.25) is 0 Å². The van der Waals surface area contributed by atoms with Crippen LogP contribution >= 0.6 is 0 Å². The fraction of sp³-hybridized carbons (Fsp3) is 0.154. The molecule has 1 N–H and O–H groups in total. The summed E-state index contributed by atoms with van der Waals surface area (Å²) >= 11 is 0. The molecule has 0 saturated heterocycles. The van der Waals surface area contributed by atoms with Crippen LogP contribution in [0.1, 0.15) is 29.5 Å². The molecule has 0 radical (unpaired) electrons. The van der Waals surface area contributed by atoms with Crippen molar-refractivity contribution in [2.45, 2.75) is 12.8 Å².